The average Bonchev–Trinajstić information content (AvgIpc) is 3.28. The van der Waals surface area contributed by atoms with Gasteiger partial charge in [0.05, 0.1) is 5.56 Å². The molecule has 6 heteroatoms. The van der Waals surface area contributed by atoms with Crippen LogP contribution in [0.15, 0.2) is 30.3 Å². The molecule has 2 aromatic carbocycles. The lowest BCUT2D eigenvalue weighted by atomic mass is 9.94. The van der Waals surface area contributed by atoms with Gasteiger partial charge in [-0.15, -0.1) is 0 Å². The van der Waals surface area contributed by atoms with E-state index in [2.05, 4.69) is 10.6 Å². The summed E-state index contributed by atoms with van der Waals surface area (Å²) in [6, 6.07) is 9.28. The number of rotatable bonds is 6. The number of anilines is 1. The first-order chi connectivity index (χ1) is 14.6. The number of nitrogens with one attached hydrogen (secondary N) is 2. The van der Waals surface area contributed by atoms with Crippen molar-refractivity contribution in [3.8, 4) is 5.75 Å². The molecule has 3 aliphatic heterocycles. The highest BCUT2D eigenvalue weighted by molar-refractivity contribution is 6.00. The topological polar surface area (TPSA) is 53.6 Å². The first-order valence-electron chi connectivity index (χ1n) is 10.9. The van der Waals surface area contributed by atoms with Gasteiger partial charge < -0.3 is 20.3 Å². The standard InChI is InChI=1S/C24H28FN3O2/c1-28-13-16-5-8-22-20(23(16)24(28)29)11-18(14-30-22)26-9-3-2-4-15-12-27-21-7-6-17(25)10-19(15)21/h5-8,10,15,18,26-27H,2-4,9,11-14H2,1H3. The molecule has 2 atom stereocenters. The van der Waals surface area contributed by atoms with Crippen LogP contribution < -0.4 is 15.4 Å². The summed E-state index contributed by atoms with van der Waals surface area (Å²) in [6.07, 6.45) is 4.05. The number of fused-ring (bicyclic) bond motifs is 4. The number of halogens is 1. The van der Waals surface area contributed by atoms with Gasteiger partial charge in [0.2, 0.25) is 0 Å². The molecule has 5 rings (SSSR count). The number of hydrogen-bond donors (Lipinski definition) is 2. The molecule has 0 spiro atoms. The molecule has 3 aliphatic rings. The monoisotopic (exact) mass is 409 g/mol. The van der Waals surface area contributed by atoms with Crippen LogP contribution in [-0.4, -0.2) is 43.6 Å². The number of carbonyl (C=O) groups excluding carboxylic acids is 1. The second-order valence-corrected chi connectivity index (χ2v) is 8.71. The van der Waals surface area contributed by atoms with Crippen molar-refractivity contribution in [1.29, 1.82) is 0 Å². The molecule has 3 heterocycles. The third-order valence-electron chi connectivity index (χ3n) is 6.62. The molecule has 2 N–H and O–H groups in total. The Balaban J connectivity index is 1.12. The molecule has 2 aromatic rings. The maximum atomic E-state index is 13.5. The van der Waals surface area contributed by atoms with E-state index >= 15 is 0 Å². The fourth-order valence-corrected chi connectivity index (χ4v) is 5.01. The molecule has 158 valence electrons. The van der Waals surface area contributed by atoms with Gasteiger partial charge >= 0.3 is 0 Å². The molecule has 2 unspecified atom stereocenters. The summed E-state index contributed by atoms with van der Waals surface area (Å²) < 4.78 is 19.5. The Morgan fingerprint density at radius 2 is 2.17 bits per heavy atom. The normalized spacial score (nSPS) is 21.7. The Labute approximate surface area is 176 Å². The number of hydrogen-bond acceptors (Lipinski definition) is 4. The minimum atomic E-state index is -0.155. The van der Waals surface area contributed by atoms with Crippen LogP contribution in [0.2, 0.25) is 0 Å². The van der Waals surface area contributed by atoms with Gasteiger partial charge in [-0.05, 0) is 61.2 Å². The van der Waals surface area contributed by atoms with E-state index in [0.29, 0.717) is 19.1 Å². The summed E-state index contributed by atoms with van der Waals surface area (Å²) in [5.41, 5.74) is 5.20. The van der Waals surface area contributed by atoms with Gasteiger partial charge in [-0.25, -0.2) is 4.39 Å². The summed E-state index contributed by atoms with van der Waals surface area (Å²) >= 11 is 0. The quantitative estimate of drug-likeness (QED) is 0.715. The van der Waals surface area contributed by atoms with Crippen molar-refractivity contribution in [2.75, 3.05) is 32.1 Å². The minimum Gasteiger partial charge on any atom is -0.492 e. The van der Waals surface area contributed by atoms with Gasteiger partial charge in [0.25, 0.3) is 5.91 Å². The average molecular weight is 410 g/mol. The molecule has 30 heavy (non-hydrogen) atoms. The van der Waals surface area contributed by atoms with E-state index in [9.17, 15) is 9.18 Å². The Kier molecular flexibility index (Phi) is 5.11. The van der Waals surface area contributed by atoms with Gasteiger partial charge in [-0.3, -0.25) is 4.79 Å². The number of carbonyl (C=O) groups is 1. The second-order valence-electron chi connectivity index (χ2n) is 8.71. The maximum Gasteiger partial charge on any atom is 0.254 e. The highest BCUT2D eigenvalue weighted by Gasteiger charge is 2.32. The molecule has 0 aliphatic carbocycles. The first kappa shape index (κ1) is 19.4. The van der Waals surface area contributed by atoms with E-state index in [1.54, 1.807) is 11.0 Å². The van der Waals surface area contributed by atoms with Crippen LogP contribution in [0.1, 0.15) is 52.2 Å². The molecule has 1 amide bonds. The first-order valence-corrected chi connectivity index (χ1v) is 10.9. The van der Waals surface area contributed by atoms with Crippen molar-refractivity contribution in [1.82, 2.24) is 10.2 Å². The van der Waals surface area contributed by atoms with Gasteiger partial charge in [0.15, 0.2) is 0 Å². The number of benzene rings is 2. The van der Waals surface area contributed by atoms with Gasteiger partial charge in [-0.2, -0.15) is 0 Å². The van der Waals surface area contributed by atoms with E-state index in [1.165, 1.54) is 6.07 Å². The maximum absolute atomic E-state index is 13.5. The van der Waals surface area contributed by atoms with Crippen molar-refractivity contribution in [2.24, 2.45) is 0 Å². The number of ether oxygens (including phenoxy) is 1. The Hall–Kier alpha value is -2.60. The van der Waals surface area contributed by atoms with Crippen molar-refractivity contribution < 1.29 is 13.9 Å². The SMILES string of the molecule is CN1Cc2ccc3c(c2C1=O)CC(NCCCCC1CNc2ccc(F)cc21)CO3. The van der Waals surface area contributed by atoms with Crippen LogP contribution >= 0.6 is 0 Å². The third kappa shape index (κ3) is 3.54. The Morgan fingerprint density at radius 3 is 3.07 bits per heavy atom. The van der Waals surface area contributed by atoms with Crippen LogP contribution in [0.5, 0.6) is 5.75 Å². The highest BCUT2D eigenvalue weighted by atomic mass is 19.1. The predicted molar refractivity (Wildman–Crippen MR) is 115 cm³/mol. The third-order valence-corrected chi connectivity index (χ3v) is 6.62. The Bertz CT molecular complexity index is 977. The van der Waals surface area contributed by atoms with Crippen LogP contribution in [0.4, 0.5) is 10.1 Å². The van der Waals surface area contributed by atoms with Gasteiger partial charge in [0.1, 0.15) is 18.2 Å². The lowest BCUT2D eigenvalue weighted by molar-refractivity contribution is 0.0814. The van der Waals surface area contributed by atoms with Gasteiger partial charge in [0, 0.05) is 43.3 Å². The van der Waals surface area contributed by atoms with Crippen molar-refractivity contribution in [3.05, 3.63) is 58.4 Å². The molecule has 0 aromatic heterocycles. The predicted octanol–water partition coefficient (Wildman–Crippen LogP) is 3.68. The molecule has 5 nitrogen and oxygen atoms in total. The summed E-state index contributed by atoms with van der Waals surface area (Å²) in [4.78, 5) is 14.3. The molecular weight excluding hydrogens is 381 g/mol. The molecular formula is C24H28FN3O2. The molecule has 0 saturated heterocycles. The van der Waals surface area contributed by atoms with E-state index < -0.39 is 0 Å². The van der Waals surface area contributed by atoms with Crippen LogP contribution in [-0.2, 0) is 13.0 Å². The second kappa shape index (κ2) is 7.91. The minimum absolute atomic E-state index is 0.105. The van der Waals surface area contributed by atoms with Crippen LogP contribution in [0, 0.1) is 5.82 Å². The Morgan fingerprint density at radius 1 is 1.27 bits per heavy atom. The molecule has 0 fully saturated rings. The summed E-state index contributed by atoms with van der Waals surface area (Å²) in [5, 5.41) is 6.98. The zero-order chi connectivity index (χ0) is 20.7. The van der Waals surface area contributed by atoms with Crippen molar-refractivity contribution in [3.63, 3.8) is 0 Å². The van der Waals surface area contributed by atoms with Crippen molar-refractivity contribution >= 4 is 11.6 Å². The summed E-state index contributed by atoms with van der Waals surface area (Å²) in [5.74, 6) is 1.20. The summed E-state index contributed by atoms with van der Waals surface area (Å²) in [7, 11) is 1.85. The number of amides is 1. The zero-order valence-corrected chi connectivity index (χ0v) is 17.3. The van der Waals surface area contributed by atoms with E-state index in [1.807, 2.05) is 25.2 Å². The number of unbranched alkanes of at least 4 members (excludes halogenated alkanes) is 1. The smallest absolute Gasteiger partial charge is 0.254 e. The summed E-state index contributed by atoms with van der Waals surface area (Å²) in [6.45, 7) is 3.13. The van der Waals surface area contributed by atoms with E-state index in [-0.39, 0.29) is 17.8 Å². The molecule has 0 radical (unpaired) electrons. The van der Waals surface area contributed by atoms with Crippen LogP contribution in [0.25, 0.3) is 0 Å². The fraction of sp³-hybridized carbons (Fsp3) is 0.458. The fourth-order valence-electron chi connectivity index (χ4n) is 5.01. The van der Waals surface area contributed by atoms with Gasteiger partial charge in [-0.1, -0.05) is 12.5 Å². The lowest BCUT2D eigenvalue weighted by Gasteiger charge is -2.27. The van der Waals surface area contributed by atoms with Crippen molar-refractivity contribution in [2.45, 2.75) is 44.2 Å². The zero-order valence-electron chi connectivity index (χ0n) is 17.3. The number of nitrogens with zero attached hydrogens (tertiary/aromatic N) is 1. The van der Waals surface area contributed by atoms with E-state index in [4.69, 9.17) is 4.74 Å². The largest absolute Gasteiger partial charge is 0.492 e. The van der Waals surface area contributed by atoms with Crippen LogP contribution in [0.3, 0.4) is 0 Å². The van der Waals surface area contributed by atoms with E-state index in [0.717, 1.165) is 72.5 Å². The highest BCUT2D eigenvalue weighted by Crippen LogP contribution is 2.36. The lowest BCUT2D eigenvalue weighted by Crippen LogP contribution is -2.40. The molecule has 0 bridgehead atoms. The molecule has 0 saturated carbocycles.